The van der Waals surface area contributed by atoms with E-state index in [0.29, 0.717) is 19.6 Å². The number of esters is 1. The minimum absolute atomic E-state index is 0.00870. The van der Waals surface area contributed by atoms with Crippen LogP contribution in [0.4, 0.5) is 0 Å². The molecular formula is C12H17NO4. The first kappa shape index (κ1) is 12.1. The van der Waals surface area contributed by atoms with Gasteiger partial charge < -0.3 is 14.7 Å². The van der Waals surface area contributed by atoms with Crippen molar-refractivity contribution in [2.75, 3.05) is 19.8 Å². The maximum absolute atomic E-state index is 11.8. The molecule has 0 spiro atoms. The first-order valence-corrected chi connectivity index (χ1v) is 5.92. The van der Waals surface area contributed by atoms with E-state index < -0.39 is 0 Å². The zero-order valence-corrected chi connectivity index (χ0v) is 9.89. The van der Waals surface area contributed by atoms with E-state index in [4.69, 9.17) is 9.84 Å². The molecule has 2 rings (SSSR count). The van der Waals surface area contributed by atoms with Crippen molar-refractivity contribution in [3.8, 4) is 0 Å². The Bertz CT molecular complexity index is 364. The van der Waals surface area contributed by atoms with Crippen LogP contribution in [0.3, 0.4) is 0 Å². The Morgan fingerprint density at radius 2 is 2.35 bits per heavy atom. The van der Waals surface area contributed by atoms with Crippen LogP contribution in [0.15, 0.2) is 11.6 Å². The van der Waals surface area contributed by atoms with E-state index in [-0.39, 0.29) is 36.9 Å². The molecule has 0 radical (unpaired) electrons. The van der Waals surface area contributed by atoms with Crippen LogP contribution in [-0.4, -0.2) is 47.7 Å². The summed E-state index contributed by atoms with van der Waals surface area (Å²) < 4.78 is 4.99. The number of carbonyl (C=O) groups is 2. The number of aliphatic hydroxyl groups is 1. The van der Waals surface area contributed by atoms with Crippen LogP contribution in [0, 0.1) is 5.92 Å². The molecule has 2 aliphatic rings. The van der Waals surface area contributed by atoms with E-state index in [1.165, 1.54) is 0 Å². The minimum atomic E-state index is -0.341. The van der Waals surface area contributed by atoms with Gasteiger partial charge in [0.25, 0.3) is 0 Å². The number of rotatable bonds is 3. The average Bonchev–Trinajstić information content (AvgIpc) is 2.81. The summed E-state index contributed by atoms with van der Waals surface area (Å²) in [6, 6.07) is -0.0700. The Balaban J connectivity index is 2.10. The predicted molar refractivity (Wildman–Crippen MR) is 60.0 cm³/mol. The molecule has 1 amide bonds. The van der Waals surface area contributed by atoms with Crippen LogP contribution in [0.5, 0.6) is 0 Å². The maximum atomic E-state index is 11.8. The van der Waals surface area contributed by atoms with Gasteiger partial charge in [-0.2, -0.15) is 0 Å². The number of nitrogens with zero attached hydrogens (tertiary/aromatic N) is 1. The Morgan fingerprint density at radius 1 is 1.59 bits per heavy atom. The van der Waals surface area contributed by atoms with Crippen LogP contribution < -0.4 is 0 Å². The molecule has 0 bridgehead atoms. The quantitative estimate of drug-likeness (QED) is 0.560. The van der Waals surface area contributed by atoms with Crippen molar-refractivity contribution in [2.24, 2.45) is 5.92 Å². The van der Waals surface area contributed by atoms with Crippen LogP contribution in [0.25, 0.3) is 0 Å². The van der Waals surface area contributed by atoms with Gasteiger partial charge in [0.2, 0.25) is 5.91 Å². The second-order valence-corrected chi connectivity index (χ2v) is 4.40. The van der Waals surface area contributed by atoms with E-state index in [1.807, 2.05) is 0 Å². The lowest BCUT2D eigenvalue weighted by atomic mass is 9.97. The Labute approximate surface area is 100 Å². The molecule has 2 atom stereocenters. The summed E-state index contributed by atoms with van der Waals surface area (Å²) in [7, 11) is 0. The summed E-state index contributed by atoms with van der Waals surface area (Å²) in [5, 5.41) is 8.84. The SMILES string of the molecule is CCOC(=O)[C@H]1CC(=O)N2CC(=CCO)CC12. The fourth-order valence-electron chi connectivity index (χ4n) is 2.62. The van der Waals surface area contributed by atoms with E-state index in [2.05, 4.69) is 0 Å². The van der Waals surface area contributed by atoms with E-state index in [9.17, 15) is 9.59 Å². The summed E-state index contributed by atoms with van der Waals surface area (Å²) in [5.41, 5.74) is 1.03. The summed E-state index contributed by atoms with van der Waals surface area (Å²) in [5.74, 6) is -0.611. The van der Waals surface area contributed by atoms with Gasteiger partial charge in [-0.25, -0.2) is 0 Å². The van der Waals surface area contributed by atoms with Crippen molar-refractivity contribution in [1.82, 2.24) is 4.90 Å². The summed E-state index contributed by atoms with van der Waals surface area (Å²) >= 11 is 0. The first-order valence-electron chi connectivity index (χ1n) is 5.92. The largest absolute Gasteiger partial charge is 0.466 e. The third-order valence-corrected chi connectivity index (χ3v) is 3.39. The number of amides is 1. The monoisotopic (exact) mass is 239 g/mol. The van der Waals surface area contributed by atoms with Crippen LogP contribution in [-0.2, 0) is 14.3 Å². The van der Waals surface area contributed by atoms with Crippen molar-refractivity contribution in [3.63, 3.8) is 0 Å². The summed E-state index contributed by atoms with van der Waals surface area (Å²) in [6.45, 7) is 2.63. The van der Waals surface area contributed by atoms with Gasteiger partial charge >= 0.3 is 5.97 Å². The van der Waals surface area contributed by atoms with Crippen molar-refractivity contribution in [2.45, 2.75) is 25.8 Å². The van der Waals surface area contributed by atoms with Gasteiger partial charge in [0.1, 0.15) is 0 Å². The minimum Gasteiger partial charge on any atom is -0.466 e. The molecular weight excluding hydrogens is 222 g/mol. The topological polar surface area (TPSA) is 66.8 Å². The van der Waals surface area contributed by atoms with Gasteiger partial charge in [-0.15, -0.1) is 0 Å². The second-order valence-electron chi connectivity index (χ2n) is 4.40. The highest BCUT2D eigenvalue weighted by atomic mass is 16.5. The smallest absolute Gasteiger partial charge is 0.311 e. The van der Waals surface area contributed by atoms with E-state index >= 15 is 0 Å². The Kier molecular flexibility index (Phi) is 3.47. The Hall–Kier alpha value is -1.36. The highest BCUT2D eigenvalue weighted by molar-refractivity contribution is 5.88. The molecule has 5 nitrogen and oxygen atoms in total. The lowest BCUT2D eigenvalue weighted by Gasteiger charge is -2.17. The third kappa shape index (κ3) is 2.20. The third-order valence-electron chi connectivity index (χ3n) is 3.39. The van der Waals surface area contributed by atoms with Crippen LogP contribution in [0.2, 0.25) is 0 Å². The highest BCUT2D eigenvalue weighted by Gasteiger charge is 2.47. The Morgan fingerprint density at radius 3 is 3.00 bits per heavy atom. The number of aliphatic hydroxyl groups excluding tert-OH is 1. The number of hydrogen-bond donors (Lipinski definition) is 1. The molecule has 94 valence electrons. The standard InChI is InChI=1S/C12H17NO4/c1-2-17-12(16)9-6-11(15)13-7-8(3-4-14)5-10(9)13/h3,9-10,14H,2,4-7H2,1H3/t9-,10?/m0/s1. The molecule has 2 saturated heterocycles. The molecule has 2 fully saturated rings. The average molecular weight is 239 g/mol. The second kappa shape index (κ2) is 4.87. The molecule has 2 aliphatic heterocycles. The maximum Gasteiger partial charge on any atom is 0.311 e. The van der Waals surface area contributed by atoms with Gasteiger partial charge in [0.15, 0.2) is 0 Å². The van der Waals surface area contributed by atoms with Crippen LogP contribution >= 0.6 is 0 Å². The normalized spacial score (nSPS) is 29.9. The highest BCUT2D eigenvalue weighted by Crippen LogP contribution is 2.36. The summed E-state index contributed by atoms with van der Waals surface area (Å²) in [6.07, 6.45) is 2.65. The van der Waals surface area contributed by atoms with Gasteiger partial charge in [-0.1, -0.05) is 11.6 Å². The molecule has 2 heterocycles. The molecule has 0 aliphatic carbocycles. The fraction of sp³-hybridized carbons (Fsp3) is 0.667. The zero-order chi connectivity index (χ0) is 12.4. The molecule has 17 heavy (non-hydrogen) atoms. The van der Waals surface area contributed by atoms with Crippen molar-refractivity contribution >= 4 is 11.9 Å². The molecule has 0 aromatic rings. The van der Waals surface area contributed by atoms with Gasteiger partial charge in [-0.05, 0) is 13.3 Å². The van der Waals surface area contributed by atoms with E-state index in [1.54, 1.807) is 17.9 Å². The molecule has 0 saturated carbocycles. The van der Waals surface area contributed by atoms with Crippen molar-refractivity contribution in [1.29, 1.82) is 0 Å². The lowest BCUT2D eigenvalue weighted by Crippen LogP contribution is -2.32. The molecule has 0 aromatic heterocycles. The van der Waals surface area contributed by atoms with E-state index in [0.717, 1.165) is 5.57 Å². The number of ether oxygens (including phenoxy) is 1. The zero-order valence-electron chi connectivity index (χ0n) is 9.89. The molecule has 5 heteroatoms. The van der Waals surface area contributed by atoms with Crippen LogP contribution in [0.1, 0.15) is 19.8 Å². The number of carbonyl (C=O) groups excluding carboxylic acids is 2. The molecule has 1 N–H and O–H groups in total. The van der Waals surface area contributed by atoms with Crippen molar-refractivity contribution in [3.05, 3.63) is 11.6 Å². The first-order chi connectivity index (χ1) is 8.17. The molecule has 0 aromatic carbocycles. The van der Waals surface area contributed by atoms with Gasteiger partial charge in [0.05, 0.1) is 19.1 Å². The lowest BCUT2D eigenvalue weighted by molar-refractivity contribution is -0.148. The number of fused-ring (bicyclic) bond motifs is 1. The van der Waals surface area contributed by atoms with Gasteiger partial charge in [-0.3, -0.25) is 9.59 Å². The van der Waals surface area contributed by atoms with Crippen molar-refractivity contribution < 1.29 is 19.4 Å². The predicted octanol–water partition coefficient (Wildman–Crippen LogP) is 0.0890. The summed E-state index contributed by atoms with van der Waals surface area (Å²) in [4.78, 5) is 25.2. The number of hydrogen-bond acceptors (Lipinski definition) is 4. The molecule has 1 unspecified atom stereocenters. The fourth-order valence-corrected chi connectivity index (χ4v) is 2.62. The van der Waals surface area contributed by atoms with Gasteiger partial charge in [0, 0.05) is 19.0 Å².